The van der Waals surface area contributed by atoms with Gasteiger partial charge in [0.1, 0.15) is 11.3 Å². The topological polar surface area (TPSA) is 95.0 Å². The number of benzene rings is 1. The van der Waals surface area contributed by atoms with Crippen LogP contribution in [0.5, 0.6) is 0 Å². The van der Waals surface area contributed by atoms with Crippen LogP contribution >= 0.6 is 11.3 Å². The van der Waals surface area contributed by atoms with Crippen LogP contribution < -0.4 is 4.80 Å². The van der Waals surface area contributed by atoms with Crippen LogP contribution in [0.2, 0.25) is 0 Å². The highest BCUT2D eigenvalue weighted by Gasteiger charge is 2.17. The molecule has 8 nitrogen and oxygen atoms in total. The number of ether oxygens (including phenoxy) is 1. The number of nitrogens with zero attached hydrogens (tertiary/aromatic N) is 4. The minimum Gasteiger partial charge on any atom is -0.383 e. The summed E-state index contributed by atoms with van der Waals surface area (Å²) >= 11 is 1.27. The quantitative estimate of drug-likeness (QED) is 0.471. The molecule has 3 aromatic heterocycles. The van der Waals surface area contributed by atoms with E-state index in [0.717, 1.165) is 10.2 Å². The van der Waals surface area contributed by atoms with Gasteiger partial charge >= 0.3 is 0 Å². The molecule has 4 aromatic rings. The number of imidazole rings is 1. The van der Waals surface area contributed by atoms with Crippen LogP contribution in [0.1, 0.15) is 16.2 Å². The molecule has 1 aromatic carbocycles. The van der Waals surface area contributed by atoms with E-state index in [1.165, 1.54) is 17.6 Å². The monoisotopic (exact) mass is 444 g/mol. The second kappa shape index (κ2) is 7.78. The number of pyridine rings is 1. The number of rotatable bonds is 5. The predicted octanol–water partition coefficient (Wildman–Crippen LogP) is 2.45. The normalized spacial score (nSPS) is 12.8. The summed E-state index contributed by atoms with van der Waals surface area (Å²) in [5, 5.41) is 0. The Balaban J connectivity index is 1.90. The van der Waals surface area contributed by atoms with E-state index in [9.17, 15) is 13.2 Å². The maximum Gasteiger partial charge on any atom is 0.298 e. The highest BCUT2D eigenvalue weighted by atomic mass is 32.2. The molecule has 156 valence electrons. The van der Waals surface area contributed by atoms with Crippen molar-refractivity contribution in [3.63, 3.8) is 0 Å². The summed E-state index contributed by atoms with van der Waals surface area (Å²) in [6.45, 7) is 2.68. The maximum absolute atomic E-state index is 13.1. The Kier molecular flexibility index (Phi) is 5.31. The van der Waals surface area contributed by atoms with Crippen LogP contribution in [0.3, 0.4) is 0 Å². The molecule has 0 N–H and O–H groups in total. The number of hydrogen-bond donors (Lipinski definition) is 0. The lowest BCUT2D eigenvalue weighted by Gasteiger charge is -2.05. The molecule has 0 fully saturated rings. The SMILES string of the molecule is COCCn1c(=NC(=O)c2c(C)nc3ccccn23)sc2cc(S(C)(=O)=O)ccc21. The van der Waals surface area contributed by atoms with Crippen molar-refractivity contribution in [2.45, 2.75) is 18.4 Å². The van der Waals surface area contributed by atoms with Gasteiger partial charge in [-0.25, -0.2) is 13.4 Å². The van der Waals surface area contributed by atoms with Gasteiger partial charge in [0.25, 0.3) is 5.91 Å². The van der Waals surface area contributed by atoms with Crippen LogP contribution in [0, 0.1) is 6.92 Å². The van der Waals surface area contributed by atoms with E-state index >= 15 is 0 Å². The fourth-order valence-corrected chi connectivity index (χ4v) is 5.09. The number of aryl methyl sites for hydroxylation is 1. The molecule has 30 heavy (non-hydrogen) atoms. The van der Waals surface area contributed by atoms with Crippen LogP contribution in [0.4, 0.5) is 0 Å². The summed E-state index contributed by atoms with van der Waals surface area (Å²) in [5.74, 6) is -0.410. The Bertz CT molecular complexity index is 1440. The Morgan fingerprint density at radius 2 is 2.07 bits per heavy atom. The molecule has 0 saturated carbocycles. The van der Waals surface area contributed by atoms with E-state index < -0.39 is 15.7 Å². The maximum atomic E-state index is 13.1. The fraction of sp³-hybridized carbons (Fsp3) is 0.250. The lowest BCUT2D eigenvalue weighted by atomic mass is 10.3. The molecule has 3 heterocycles. The van der Waals surface area contributed by atoms with E-state index in [0.29, 0.717) is 35.0 Å². The molecule has 0 aliphatic carbocycles. The largest absolute Gasteiger partial charge is 0.383 e. The van der Waals surface area contributed by atoms with Crippen molar-refractivity contribution < 1.29 is 17.9 Å². The molecule has 0 aliphatic heterocycles. The standard InChI is InChI=1S/C20H20N4O4S2/c1-13-18(24-9-5-4-6-17(24)21-13)19(25)22-20-23(10-11-28-2)15-8-7-14(30(3,26)27)12-16(15)29-20/h4-9,12H,10-11H2,1-3H3. The van der Waals surface area contributed by atoms with Gasteiger partial charge < -0.3 is 9.30 Å². The molecule has 0 radical (unpaired) electrons. The summed E-state index contributed by atoms with van der Waals surface area (Å²) in [6, 6.07) is 10.4. The molecule has 0 atom stereocenters. The molecule has 0 aliphatic rings. The highest BCUT2D eigenvalue weighted by molar-refractivity contribution is 7.90. The number of hydrogen-bond acceptors (Lipinski definition) is 6. The summed E-state index contributed by atoms with van der Waals surface area (Å²) < 4.78 is 33.4. The Morgan fingerprint density at radius 3 is 2.80 bits per heavy atom. The molecule has 0 spiro atoms. The Morgan fingerprint density at radius 1 is 1.27 bits per heavy atom. The number of thiazole rings is 1. The summed E-state index contributed by atoms with van der Waals surface area (Å²) in [6.07, 6.45) is 2.95. The van der Waals surface area contributed by atoms with Crippen LogP contribution in [0.25, 0.3) is 15.9 Å². The summed E-state index contributed by atoms with van der Waals surface area (Å²) in [7, 11) is -1.74. The summed E-state index contributed by atoms with van der Waals surface area (Å²) in [4.78, 5) is 22.6. The average Bonchev–Trinajstić information content (AvgIpc) is 3.21. The number of sulfone groups is 1. The van der Waals surface area contributed by atoms with Gasteiger partial charge in [0.2, 0.25) is 0 Å². The van der Waals surface area contributed by atoms with Gasteiger partial charge in [0, 0.05) is 26.1 Å². The number of fused-ring (bicyclic) bond motifs is 2. The highest BCUT2D eigenvalue weighted by Crippen LogP contribution is 2.22. The van der Waals surface area contributed by atoms with Gasteiger partial charge in [-0.3, -0.25) is 9.20 Å². The first-order valence-corrected chi connectivity index (χ1v) is 11.9. The molecule has 0 unspecified atom stereocenters. The number of aromatic nitrogens is 3. The van der Waals surface area contributed by atoms with Gasteiger partial charge in [-0.05, 0) is 37.3 Å². The minimum absolute atomic E-state index is 0.227. The van der Waals surface area contributed by atoms with E-state index in [4.69, 9.17) is 4.74 Å². The van der Waals surface area contributed by atoms with E-state index in [1.807, 2.05) is 22.8 Å². The first kappa shape index (κ1) is 20.5. The predicted molar refractivity (Wildman–Crippen MR) is 115 cm³/mol. The average molecular weight is 445 g/mol. The Hall–Kier alpha value is -2.82. The third-order valence-electron chi connectivity index (χ3n) is 4.71. The lowest BCUT2D eigenvalue weighted by molar-refractivity contribution is 0.0991. The number of amides is 1. The van der Waals surface area contributed by atoms with E-state index in [2.05, 4.69) is 9.98 Å². The molecular formula is C20H20N4O4S2. The van der Waals surface area contributed by atoms with E-state index in [-0.39, 0.29) is 4.90 Å². The molecule has 0 bridgehead atoms. The van der Waals surface area contributed by atoms with Crippen molar-refractivity contribution in [3.05, 3.63) is 58.8 Å². The zero-order valence-corrected chi connectivity index (χ0v) is 18.3. The van der Waals surface area contributed by atoms with Crippen molar-refractivity contribution in [3.8, 4) is 0 Å². The van der Waals surface area contributed by atoms with Gasteiger partial charge in [0.15, 0.2) is 14.6 Å². The Labute approximate surface area is 177 Å². The smallest absolute Gasteiger partial charge is 0.298 e. The van der Waals surface area contributed by atoms with Crippen molar-refractivity contribution in [2.24, 2.45) is 4.99 Å². The van der Waals surface area contributed by atoms with Crippen molar-refractivity contribution in [2.75, 3.05) is 20.0 Å². The third kappa shape index (κ3) is 3.69. The zero-order valence-electron chi connectivity index (χ0n) is 16.7. The van der Waals surface area contributed by atoms with Crippen LogP contribution in [0.15, 0.2) is 52.5 Å². The molecule has 1 amide bonds. The van der Waals surface area contributed by atoms with Crippen LogP contribution in [-0.4, -0.2) is 48.2 Å². The lowest BCUT2D eigenvalue weighted by Crippen LogP contribution is -2.20. The van der Waals surface area contributed by atoms with Gasteiger partial charge in [-0.2, -0.15) is 4.99 Å². The zero-order chi connectivity index (χ0) is 21.5. The third-order valence-corrected chi connectivity index (χ3v) is 6.86. The van der Waals surface area contributed by atoms with Gasteiger partial charge in [-0.1, -0.05) is 17.4 Å². The molecule has 10 heteroatoms. The van der Waals surface area contributed by atoms with Gasteiger partial charge in [0.05, 0.1) is 27.4 Å². The number of methoxy groups -OCH3 is 1. The molecule has 4 rings (SSSR count). The minimum atomic E-state index is -3.34. The van der Waals surface area contributed by atoms with E-state index in [1.54, 1.807) is 42.8 Å². The van der Waals surface area contributed by atoms with Crippen molar-refractivity contribution in [1.82, 2.24) is 14.0 Å². The van der Waals surface area contributed by atoms with Gasteiger partial charge in [-0.15, -0.1) is 0 Å². The van der Waals surface area contributed by atoms with Crippen LogP contribution in [-0.2, 0) is 21.1 Å². The molecule has 0 saturated heterocycles. The number of carbonyl (C=O) groups excluding carboxylic acids is 1. The van der Waals surface area contributed by atoms with Crippen molar-refractivity contribution >= 4 is 42.9 Å². The second-order valence-electron chi connectivity index (χ2n) is 6.82. The van der Waals surface area contributed by atoms with Crippen molar-refractivity contribution in [1.29, 1.82) is 0 Å². The first-order chi connectivity index (χ1) is 14.3. The first-order valence-electron chi connectivity index (χ1n) is 9.14. The second-order valence-corrected chi connectivity index (χ2v) is 9.85. The summed E-state index contributed by atoms with van der Waals surface area (Å²) in [5.41, 5.74) is 2.47. The number of carbonyl (C=O) groups is 1. The fourth-order valence-electron chi connectivity index (χ4n) is 3.28. The molecular weight excluding hydrogens is 424 g/mol.